The maximum Gasteiger partial charge on any atom is 0.223 e. The van der Waals surface area contributed by atoms with E-state index in [2.05, 4.69) is 34.5 Å². The maximum absolute atomic E-state index is 12.5. The van der Waals surface area contributed by atoms with Gasteiger partial charge in [-0.2, -0.15) is 0 Å². The maximum atomic E-state index is 12.5. The van der Waals surface area contributed by atoms with Crippen LogP contribution in [-0.4, -0.2) is 23.9 Å². The van der Waals surface area contributed by atoms with Gasteiger partial charge < -0.3 is 9.73 Å². The number of amides is 1. The van der Waals surface area contributed by atoms with Crippen molar-refractivity contribution < 1.29 is 9.21 Å². The van der Waals surface area contributed by atoms with Gasteiger partial charge >= 0.3 is 0 Å². The van der Waals surface area contributed by atoms with Crippen molar-refractivity contribution in [3.05, 3.63) is 59.5 Å². The second-order valence-electron chi connectivity index (χ2n) is 6.71. The molecule has 24 heavy (non-hydrogen) atoms. The summed E-state index contributed by atoms with van der Waals surface area (Å²) in [5.74, 6) is 1.95. The molecule has 0 bridgehead atoms. The Morgan fingerprint density at radius 3 is 2.54 bits per heavy atom. The van der Waals surface area contributed by atoms with Gasteiger partial charge in [-0.05, 0) is 57.5 Å². The number of hydrogen-bond donors (Lipinski definition) is 1. The fraction of sp³-hybridized carbons (Fsp3) is 0.450. The second kappa shape index (κ2) is 7.67. The monoisotopic (exact) mass is 326 g/mol. The molecule has 2 heterocycles. The van der Waals surface area contributed by atoms with E-state index in [9.17, 15) is 4.79 Å². The van der Waals surface area contributed by atoms with Crippen molar-refractivity contribution in [3.63, 3.8) is 0 Å². The zero-order valence-electron chi connectivity index (χ0n) is 14.5. The molecular formula is C20H26N2O2. The number of likely N-dealkylation sites (tertiary alicyclic amines) is 1. The van der Waals surface area contributed by atoms with Crippen molar-refractivity contribution in [1.29, 1.82) is 0 Å². The molecule has 1 aromatic carbocycles. The lowest BCUT2D eigenvalue weighted by atomic mass is 9.95. The van der Waals surface area contributed by atoms with Gasteiger partial charge in [-0.3, -0.25) is 9.69 Å². The second-order valence-corrected chi connectivity index (χ2v) is 6.71. The molecule has 1 amide bonds. The summed E-state index contributed by atoms with van der Waals surface area (Å²) in [7, 11) is 0. The molecule has 1 saturated heterocycles. The summed E-state index contributed by atoms with van der Waals surface area (Å²) < 4.78 is 5.59. The number of nitrogens with zero attached hydrogens (tertiary/aromatic N) is 1. The molecule has 1 unspecified atom stereocenters. The van der Waals surface area contributed by atoms with E-state index in [0.717, 1.165) is 44.0 Å². The number of piperidine rings is 1. The normalized spacial score (nSPS) is 17.6. The van der Waals surface area contributed by atoms with Gasteiger partial charge in [-0.1, -0.05) is 30.3 Å². The summed E-state index contributed by atoms with van der Waals surface area (Å²) in [6.07, 6.45) is 1.84. The van der Waals surface area contributed by atoms with E-state index in [1.54, 1.807) is 0 Å². The smallest absolute Gasteiger partial charge is 0.223 e. The molecule has 4 nitrogen and oxygen atoms in total. The lowest BCUT2D eigenvalue weighted by Crippen LogP contribution is -2.40. The minimum atomic E-state index is -0.0754. The first kappa shape index (κ1) is 16.8. The Kier molecular flexibility index (Phi) is 5.36. The van der Waals surface area contributed by atoms with Crippen molar-refractivity contribution in [2.45, 2.75) is 39.3 Å². The van der Waals surface area contributed by atoms with E-state index < -0.39 is 0 Å². The minimum Gasteiger partial charge on any atom is -0.464 e. The average Bonchev–Trinajstić information content (AvgIpc) is 3.03. The van der Waals surface area contributed by atoms with Crippen molar-refractivity contribution in [3.8, 4) is 0 Å². The number of nitrogens with one attached hydrogen (secondary N) is 1. The van der Waals surface area contributed by atoms with Gasteiger partial charge in [0.15, 0.2) is 0 Å². The van der Waals surface area contributed by atoms with E-state index in [1.807, 2.05) is 32.0 Å². The highest BCUT2D eigenvalue weighted by atomic mass is 16.3. The lowest BCUT2D eigenvalue weighted by molar-refractivity contribution is -0.127. The summed E-state index contributed by atoms with van der Waals surface area (Å²) in [5, 5.41) is 3.09. The van der Waals surface area contributed by atoms with Gasteiger partial charge in [-0.15, -0.1) is 0 Å². The first-order chi connectivity index (χ1) is 11.6. The van der Waals surface area contributed by atoms with Crippen molar-refractivity contribution in [2.24, 2.45) is 5.92 Å². The van der Waals surface area contributed by atoms with Gasteiger partial charge in [0.2, 0.25) is 5.91 Å². The molecule has 1 aliphatic heterocycles. The van der Waals surface area contributed by atoms with Gasteiger partial charge in [0.25, 0.3) is 0 Å². The molecule has 128 valence electrons. The standard InChI is InChI=1S/C20H26N2O2/c1-15-8-9-19(24-15)16(2)21-20(23)18-10-12-22(13-11-18)14-17-6-4-3-5-7-17/h3-9,16,18H,10-14H2,1-2H3,(H,21,23). The summed E-state index contributed by atoms with van der Waals surface area (Å²) in [6, 6.07) is 14.3. The number of hydrogen-bond acceptors (Lipinski definition) is 3. The lowest BCUT2D eigenvalue weighted by Gasteiger charge is -2.31. The van der Waals surface area contributed by atoms with Gasteiger partial charge in [0, 0.05) is 12.5 Å². The molecule has 0 saturated carbocycles. The molecule has 1 N–H and O–H groups in total. The molecule has 1 aromatic heterocycles. The van der Waals surface area contributed by atoms with Gasteiger partial charge in [0.05, 0.1) is 6.04 Å². The number of carbonyl (C=O) groups is 1. The third-order valence-electron chi connectivity index (χ3n) is 4.75. The highest BCUT2D eigenvalue weighted by Crippen LogP contribution is 2.21. The highest BCUT2D eigenvalue weighted by molar-refractivity contribution is 5.79. The zero-order chi connectivity index (χ0) is 16.9. The molecule has 0 spiro atoms. The Balaban J connectivity index is 1.46. The Labute approximate surface area is 143 Å². The van der Waals surface area contributed by atoms with E-state index in [1.165, 1.54) is 5.56 Å². The van der Waals surface area contributed by atoms with E-state index >= 15 is 0 Å². The SMILES string of the molecule is Cc1ccc(C(C)NC(=O)C2CCN(Cc3ccccc3)CC2)o1. The molecular weight excluding hydrogens is 300 g/mol. The Morgan fingerprint density at radius 2 is 1.92 bits per heavy atom. The summed E-state index contributed by atoms with van der Waals surface area (Å²) in [5.41, 5.74) is 1.34. The molecule has 1 atom stereocenters. The molecule has 0 aliphatic carbocycles. The number of rotatable bonds is 5. The van der Waals surface area contributed by atoms with Gasteiger partial charge in [0.1, 0.15) is 11.5 Å². The first-order valence-corrected chi connectivity index (χ1v) is 8.75. The highest BCUT2D eigenvalue weighted by Gasteiger charge is 2.26. The molecule has 1 aliphatic rings. The van der Waals surface area contributed by atoms with Crippen LogP contribution in [0.1, 0.15) is 42.9 Å². The van der Waals surface area contributed by atoms with Crippen LogP contribution < -0.4 is 5.32 Å². The van der Waals surface area contributed by atoms with E-state index in [0.29, 0.717) is 0 Å². The minimum absolute atomic E-state index is 0.0754. The number of carbonyl (C=O) groups excluding carboxylic acids is 1. The largest absolute Gasteiger partial charge is 0.464 e. The molecule has 0 radical (unpaired) electrons. The third-order valence-corrected chi connectivity index (χ3v) is 4.75. The van der Waals surface area contributed by atoms with Gasteiger partial charge in [-0.25, -0.2) is 0 Å². The van der Waals surface area contributed by atoms with E-state index in [-0.39, 0.29) is 17.9 Å². The number of aryl methyl sites for hydroxylation is 1. The average molecular weight is 326 g/mol. The predicted octanol–water partition coefficient (Wildman–Crippen LogP) is 3.68. The first-order valence-electron chi connectivity index (χ1n) is 8.75. The Hall–Kier alpha value is -2.07. The van der Waals surface area contributed by atoms with Crippen molar-refractivity contribution >= 4 is 5.91 Å². The summed E-state index contributed by atoms with van der Waals surface area (Å²) in [6.45, 7) is 6.81. The van der Waals surface area contributed by atoms with Crippen LogP contribution >= 0.6 is 0 Å². The Bertz CT molecular complexity index is 657. The number of benzene rings is 1. The van der Waals surface area contributed by atoms with Crippen LogP contribution in [0, 0.1) is 12.8 Å². The number of furan rings is 1. The Morgan fingerprint density at radius 1 is 1.21 bits per heavy atom. The van der Waals surface area contributed by atoms with Crippen LogP contribution in [0.3, 0.4) is 0 Å². The van der Waals surface area contributed by atoms with Crippen LogP contribution in [0.5, 0.6) is 0 Å². The van der Waals surface area contributed by atoms with Crippen molar-refractivity contribution in [2.75, 3.05) is 13.1 Å². The van der Waals surface area contributed by atoms with E-state index in [4.69, 9.17) is 4.42 Å². The van der Waals surface area contributed by atoms with Crippen LogP contribution in [0.4, 0.5) is 0 Å². The van der Waals surface area contributed by atoms with Crippen LogP contribution in [0.25, 0.3) is 0 Å². The third kappa shape index (κ3) is 4.26. The van der Waals surface area contributed by atoms with Crippen molar-refractivity contribution in [1.82, 2.24) is 10.2 Å². The van der Waals surface area contributed by atoms with Crippen LogP contribution in [-0.2, 0) is 11.3 Å². The molecule has 1 fully saturated rings. The quantitative estimate of drug-likeness (QED) is 0.912. The summed E-state index contributed by atoms with van der Waals surface area (Å²) in [4.78, 5) is 14.9. The topological polar surface area (TPSA) is 45.5 Å². The molecule has 4 heteroatoms. The fourth-order valence-electron chi connectivity index (χ4n) is 3.28. The van der Waals surface area contributed by atoms with Crippen LogP contribution in [0.2, 0.25) is 0 Å². The summed E-state index contributed by atoms with van der Waals surface area (Å²) >= 11 is 0. The zero-order valence-corrected chi connectivity index (χ0v) is 14.5. The van der Waals surface area contributed by atoms with Crippen LogP contribution in [0.15, 0.2) is 46.9 Å². The fourth-order valence-corrected chi connectivity index (χ4v) is 3.28. The predicted molar refractivity (Wildman–Crippen MR) is 94.4 cm³/mol. The molecule has 2 aromatic rings. The molecule has 3 rings (SSSR count).